The van der Waals surface area contributed by atoms with Gasteiger partial charge < -0.3 is 15.2 Å². The zero-order valence-electron chi connectivity index (χ0n) is 20.7. The lowest BCUT2D eigenvalue weighted by Crippen LogP contribution is -2.44. The summed E-state index contributed by atoms with van der Waals surface area (Å²) >= 11 is 0. The minimum absolute atomic E-state index is 0.582. The molecule has 3 aliphatic carbocycles. The molecule has 4 fully saturated rings. The largest absolute Gasteiger partial charge is 0.353 e. The SMILES string of the molecule is c1cc(-c2nc(N3CCNCC3)c3c(C4CCC4)cncc3n2)c2cc([C@H]3CC4CC[C@@H]3C4)[nH]c2n1. The van der Waals surface area contributed by atoms with E-state index in [1.807, 2.05) is 12.4 Å². The van der Waals surface area contributed by atoms with Crippen LogP contribution in [0.2, 0.25) is 0 Å². The lowest BCUT2D eigenvalue weighted by Gasteiger charge is -2.32. The van der Waals surface area contributed by atoms with E-state index < -0.39 is 0 Å². The predicted molar refractivity (Wildman–Crippen MR) is 142 cm³/mol. The Morgan fingerprint density at radius 3 is 2.67 bits per heavy atom. The highest BCUT2D eigenvalue weighted by Gasteiger charge is 2.41. The van der Waals surface area contributed by atoms with Crippen molar-refractivity contribution in [3.8, 4) is 11.4 Å². The van der Waals surface area contributed by atoms with Crippen molar-refractivity contribution in [3.05, 3.63) is 42.0 Å². The Morgan fingerprint density at radius 2 is 1.89 bits per heavy atom. The number of hydrogen-bond donors (Lipinski definition) is 2. The molecule has 4 aliphatic rings. The molecule has 3 saturated carbocycles. The fourth-order valence-electron chi connectivity index (χ4n) is 7.41. The summed E-state index contributed by atoms with van der Waals surface area (Å²) in [5, 5.41) is 5.85. The number of nitrogens with zero attached hydrogens (tertiary/aromatic N) is 5. The number of pyridine rings is 2. The van der Waals surface area contributed by atoms with E-state index >= 15 is 0 Å². The summed E-state index contributed by atoms with van der Waals surface area (Å²) in [6.07, 6.45) is 15.2. The molecule has 0 radical (unpaired) electrons. The van der Waals surface area contributed by atoms with E-state index in [0.717, 1.165) is 71.8 Å². The smallest absolute Gasteiger partial charge is 0.163 e. The van der Waals surface area contributed by atoms with Crippen molar-refractivity contribution in [2.24, 2.45) is 11.8 Å². The van der Waals surface area contributed by atoms with Crippen LogP contribution in [0.25, 0.3) is 33.3 Å². The highest BCUT2D eigenvalue weighted by atomic mass is 15.2. The lowest BCUT2D eigenvalue weighted by atomic mass is 9.79. The second kappa shape index (κ2) is 8.23. The third kappa shape index (κ3) is 3.28. The summed E-state index contributed by atoms with van der Waals surface area (Å²) < 4.78 is 0. The molecule has 0 amide bonds. The van der Waals surface area contributed by atoms with Crippen LogP contribution in [0.1, 0.15) is 68.0 Å². The number of piperazine rings is 1. The number of aromatic nitrogens is 5. The summed E-state index contributed by atoms with van der Waals surface area (Å²) in [6.45, 7) is 3.88. The summed E-state index contributed by atoms with van der Waals surface area (Å²) in [6, 6.07) is 4.44. The van der Waals surface area contributed by atoms with Crippen LogP contribution in [0.15, 0.2) is 30.7 Å². The van der Waals surface area contributed by atoms with Gasteiger partial charge in [0, 0.05) is 66.5 Å². The van der Waals surface area contributed by atoms with E-state index in [4.69, 9.17) is 15.0 Å². The van der Waals surface area contributed by atoms with Crippen LogP contribution in [0.5, 0.6) is 0 Å². The van der Waals surface area contributed by atoms with Gasteiger partial charge in [-0.05, 0) is 67.6 Å². The zero-order chi connectivity index (χ0) is 23.6. The van der Waals surface area contributed by atoms with Gasteiger partial charge in [0.05, 0.1) is 11.7 Å². The molecule has 36 heavy (non-hydrogen) atoms. The summed E-state index contributed by atoms with van der Waals surface area (Å²) in [5.41, 5.74) is 5.68. The van der Waals surface area contributed by atoms with Crippen molar-refractivity contribution in [3.63, 3.8) is 0 Å². The number of anilines is 1. The first kappa shape index (κ1) is 21.1. The quantitative estimate of drug-likeness (QED) is 0.421. The summed E-state index contributed by atoms with van der Waals surface area (Å²) in [7, 11) is 0. The first-order chi connectivity index (χ1) is 17.8. The van der Waals surface area contributed by atoms with E-state index in [0.29, 0.717) is 11.8 Å². The molecule has 184 valence electrons. The lowest BCUT2D eigenvalue weighted by molar-refractivity contribution is 0.414. The van der Waals surface area contributed by atoms with Gasteiger partial charge in [0.15, 0.2) is 5.82 Å². The Labute approximate surface area is 211 Å². The fraction of sp³-hybridized carbons (Fsp3) is 0.517. The normalized spacial score (nSPS) is 26.2. The van der Waals surface area contributed by atoms with Crippen molar-refractivity contribution in [2.75, 3.05) is 31.1 Å². The molecule has 0 spiro atoms. The molecule has 8 rings (SSSR count). The van der Waals surface area contributed by atoms with E-state index in [-0.39, 0.29) is 0 Å². The average Bonchev–Trinajstić information content (AvgIpc) is 3.63. The highest BCUT2D eigenvalue weighted by Crippen LogP contribution is 2.53. The van der Waals surface area contributed by atoms with Gasteiger partial charge in [-0.2, -0.15) is 0 Å². The second-order valence-corrected chi connectivity index (χ2v) is 11.5. The van der Waals surface area contributed by atoms with Gasteiger partial charge in [-0.25, -0.2) is 15.0 Å². The van der Waals surface area contributed by atoms with E-state index in [9.17, 15) is 0 Å². The first-order valence-corrected chi connectivity index (χ1v) is 13.9. The van der Waals surface area contributed by atoms with Crippen LogP contribution in [0, 0.1) is 11.8 Å². The Morgan fingerprint density at radius 1 is 0.972 bits per heavy atom. The van der Waals surface area contributed by atoms with Crippen molar-refractivity contribution < 1.29 is 0 Å². The number of hydrogen-bond acceptors (Lipinski definition) is 6. The molecule has 5 heterocycles. The topological polar surface area (TPSA) is 82.6 Å². The van der Waals surface area contributed by atoms with Crippen LogP contribution in [0.4, 0.5) is 5.82 Å². The summed E-state index contributed by atoms with van der Waals surface area (Å²) in [5.74, 6) is 4.84. The monoisotopic (exact) mass is 479 g/mol. The third-order valence-corrected chi connectivity index (χ3v) is 9.51. The maximum atomic E-state index is 5.31. The molecule has 4 aromatic rings. The van der Waals surface area contributed by atoms with E-state index in [1.165, 1.54) is 61.6 Å². The predicted octanol–water partition coefficient (Wildman–Crippen LogP) is 5.15. The first-order valence-electron chi connectivity index (χ1n) is 13.9. The van der Waals surface area contributed by atoms with Gasteiger partial charge in [0.2, 0.25) is 0 Å². The Kier molecular flexibility index (Phi) is 4.82. The molecule has 2 N–H and O–H groups in total. The number of aromatic amines is 1. The molecule has 4 aromatic heterocycles. The van der Waals surface area contributed by atoms with Crippen LogP contribution in [-0.4, -0.2) is 51.1 Å². The molecule has 1 unspecified atom stereocenters. The van der Waals surface area contributed by atoms with Crippen molar-refractivity contribution >= 4 is 27.8 Å². The number of rotatable bonds is 4. The number of fused-ring (bicyclic) bond motifs is 4. The minimum Gasteiger partial charge on any atom is -0.353 e. The van der Waals surface area contributed by atoms with Gasteiger partial charge in [-0.3, -0.25) is 4.98 Å². The zero-order valence-corrected chi connectivity index (χ0v) is 20.7. The van der Waals surface area contributed by atoms with Gasteiger partial charge >= 0.3 is 0 Å². The Bertz CT molecular complexity index is 1450. The standard InChI is InChI=1S/C29H33N7/c1-2-18(3-1)23-15-31-16-25-26(23)29(36-10-8-30-9-11-36)35-28(34-25)20-6-7-32-27-22(20)14-24(33-27)21-13-17-4-5-19(21)12-17/h6-7,14-19,21,30H,1-5,8-13H2,(H,32,33)/t17?,19-,21+/m1/s1. The van der Waals surface area contributed by atoms with Crippen LogP contribution in [0.3, 0.4) is 0 Å². The maximum Gasteiger partial charge on any atom is 0.163 e. The average molecular weight is 480 g/mol. The molecule has 1 aliphatic heterocycles. The molecular weight excluding hydrogens is 446 g/mol. The van der Waals surface area contributed by atoms with Gasteiger partial charge in [-0.1, -0.05) is 12.8 Å². The fourth-order valence-corrected chi connectivity index (χ4v) is 7.41. The van der Waals surface area contributed by atoms with Crippen LogP contribution < -0.4 is 10.2 Å². The molecule has 1 saturated heterocycles. The molecular formula is C29H33N7. The Balaban J connectivity index is 1.28. The van der Waals surface area contributed by atoms with Crippen LogP contribution in [-0.2, 0) is 0 Å². The van der Waals surface area contributed by atoms with Gasteiger partial charge in [-0.15, -0.1) is 0 Å². The van der Waals surface area contributed by atoms with Gasteiger partial charge in [0.25, 0.3) is 0 Å². The molecule has 7 nitrogen and oxygen atoms in total. The highest BCUT2D eigenvalue weighted by molar-refractivity contribution is 5.97. The van der Waals surface area contributed by atoms with Crippen molar-refractivity contribution in [2.45, 2.75) is 56.8 Å². The van der Waals surface area contributed by atoms with Crippen LogP contribution >= 0.6 is 0 Å². The third-order valence-electron chi connectivity index (χ3n) is 9.51. The molecule has 0 aromatic carbocycles. The maximum absolute atomic E-state index is 5.31. The molecule has 7 heteroatoms. The second-order valence-electron chi connectivity index (χ2n) is 11.5. The van der Waals surface area contributed by atoms with Gasteiger partial charge in [0.1, 0.15) is 11.5 Å². The number of nitrogens with one attached hydrogen (secondary N) is 2. The van der Waals surface area contributed by atoms with E-state index in [2.05, 4.69) is 38.5 Å². The number of H-pyrrole nitrogens is 1. The minimum atomic E-state index is 0.582. The van der Waals surface area contributed by atoms with E-state index in [1.54, 1.807) is 0 Å². The van der Waals surface area contributed by atoms with Crippen molar-refractivity contribution in [1.29, 1.82) is 0 Å². The summed E-state index contributed by atoms with van der Waals surface area (Å²) in [4.78, 5) is 25.9. The molecule has 2 bridgehead atoms. The van der Waals surface area contributed by atoms with Crippen molar-refractivity contribution in [1.82, 2.24) is 30.2 Å². The molecule has 3 atom stereocenters. The Hall–Kier alpha value is -3.06.